The maximum Gasteiger partial charge on any atom is 0.319 e. The Balaban J connectivity index is 1.55. The largest absolute Gasteiger partial charge is 0.336 e. The first kappa shape index (κ1) is 15.6. The van der Waals surface area contributed by atoms with E-state index in [2.05, 4.69) is 22.1 Å². The maximum absolute atomic E-state index is 12.5. The van der Waals surface area contributed by atoms with Crippen LogP contribution in [0, 0.1) is 0 Å². The molecule has 2 aromatic rings. The van der Waals surface area contributed by atoms with E-state index in [4.69, 9.17) is 0 Å². The Hall–Kier alpha value is -2.34. The lowest BCUT2D eigenvalue weighted by Gasteiger charge is -2.29. The number of anilines is 1. The summed E-state index contributed by atoms with van der Waals surface area (Å²) in [5.41, 5.74) is 1.92. The van der Waals surface area contributed by atoms with E-state index in [1.54, 1.807) is 30.4 Å². The van der Waals surface area contributed by atoms with E-state index in [1.165, 1.54) is 10.4 Å². The Kier molecular flexibility index (Phi) is 4.62. The van der Waals surface area contributed by atoms with Crippen molar-refractivity contribution in [3.63, 3.8) is 0 Å². The first-order chi connectivity index (χ1) is 11.1. The summed E-state index contributed by atoms with van der Waals surface area (Å²) in [5, 5.41) is 7.49. The van der Waals surface area contributed by atoms with E-state index in [0.29, 0.717) is 18.8 Å². The van der Waals surface area contributed by atoms with Crippen LogP contribution >= 0.6 is 11.3 Å². The molecular formula is C17H19N3O2S. The van der Waals surface area contributed by atoms with E-state index in [-0.39, 0.29) is 11.9 Å². The van der Waals surface area contributed by atoms with Crippen molar-refractivity contribution >= 4 is 29.0 Å². The van der Waals surface area contributed by atoms with Crippen LogP contribution in [0.1, 0.15) is 17.4 Å². The van der Waals surface area contributed by atoms with Crippen molar-refractivity contribution in [1.82, 2.24) is 10.2 Å². The molecule has 2 heterocycles. The molecule has 2 N–H and O–H groups in total. The number of thiophene rings is 1. The summed E-state index contributed by atoms with van der Waals surface area (Å²) >= 11 is 1.74. The fourth-order valence-electron chi connectivity index (χ4n) is 2.66. The van der Waals surface area contributed by atoms with Gasteiger partial charge in [0.1, 0.15) is 6.04 Å². The number of rotatable bonds is 3. The zero-order valence-corrected chi connectivity index (χ0v) is 13.7. The molecule has 0 bridgehead atoms. The lowest BCUT2D eigenvalue weighted by molar-refractivity contribution is -0.133. The van der Waals surface area contributed by atoms with Gasteiger partial charge in [-0.25, -0.2) is 4.79 Å². The number of hydrogen-bond acceptors (Lipinski definition) is 3. The van der Waals surface area contributed by atoms with Gasteiger partial charge < -0.3 is 15.5 Å². The molecule has 0 aliphatic carbocycles. The molecule has 3 amide bonds. The Morgan fingerprint density at radius 2 is 2.00 bits per heavy atom. The number of urea groups is 1. The third-order valence-corrected chi connectivity index (χ3v) is 4.89. The molecule has 120 valence electrons. The summed E-state index contributed by atoms with van der Waals surface area (Å²) < 4.78 is 0. The van der Waals surface area contributed by atoms with Gasteiger partial charge in [-0.1, -0.05) is 18.2 Å². The van der Waals surface area contributed by atoms with Crippen LogP contribution in [-0.4, -0.2) is 29.4 Å². The molecule has 0 saturated carbocycles. The molecule has 0 saturated heterocycles. The number of para-hydroxylation sites is 1. The summed E-state index contributed by atoms with van der Waals surface area (Å²) in [4.78, 5) is 27.6. The van der Waals surface area contributed by atoms with E-state index in [0.717, 1.165) is 6.42 Å². The Morgan fingerprint density at radius 3 is 2.78 bits per heavy atom. The molecule has 23 heavy (non-hydrogen) atoms. The van der Waals surface area contributed by atoms with Crippen molar-refractivity contribution in [1.29, 1.82) is 0 Å². The molecule has 0 fully saturated rings. The fourth-order valence-corrected chi connectivity index (χ4v) is 3.55. The van der Waals surface area contributed by atoms with Crippen LogP contribution in [0.25, 0.3) is 0 Å². The predicted molar refractivity (Wildman–Crippen MR) is 91.5 cm³/mol. The second-order valence-corrected chi connectivity index (χ2v) is 6.57. The molecule has 1 aromatic carbocycles. The van der Waals surface area contributed by atoms with Crippen molar-refractivity contribution in [2.45, 2.75) is 25.9 Å². The highest BCUT2D eigenvalue weighted by molar-refractivity contribution is 7.10. The van der Waals surface area contributed by atoms with E-state index in [1.807, 2.05) is 23.1 Å². The van der Waals surface area contributed by atoms with Crippen LogP contribution in [0.4, 0.5) is 10.5 Å². The first-order valence-corrected chi connectivity index (χ1v) is 8.48. The number of nitrogens with one attached hydrogen (secondary N) is 2. The minimum atomic E-state index is -0.557. The van der Waals surface area contributed by atoms with Gasteiger partial charge in [0.15, 0.2) is 0 Å². The van der Waals surface area contributed by atoms with Crippen LogP contribution in [0.2, 0.25) is 0 Å². The van der Waals surface area contributed by atoms with Crippen LogP contribution in [0.3, 0.4) is 0 Å². The van der Waals surface area contributed by atoms with E-state index in [9.17, 15) is 9.59 Å². The van der Waals surface area contributed by atoms with Gasteiger partial charge in [0.25, 0.3) is 0 Å². The van der Waals surface area contributed by atoms with Crippen molar-refractivity contribution in [3.8, 4) is 0 Å². The first-order valence-electron chi connectivity index (χ1n) is 7.60. The highest BCUT2D eigenvalue weighted by atomic mass is 32.1. The van der Waals surface area contributed by atoms with Crippen LogP contribution < -0.4 is 10.6 Å². The van der Waals surface area contributed by atoms with E-state index < -0.39 is 6.04 Å². The number of amides is 3. The zero-order valence-electron chi connectivity index (χ0n) is 12.9. The second-order valence-electron chi connectivity index (χ2n) is 5.56. The molecular weight excluding hydrogens is 310 g/mol. The third kappa shape index (κ3) is 3.71. The Bertz CT molecular complexity index is 699. The maximum atomic E-state index is 12.5. The number of hydrogen-bond donors (Lipinski definition) is 2. The third-order valence-electron chi connectivity index (χ3n) is 3.87. The molecule has 1 aliphatic rings. The molecule has 6 heteroatoms. The van der Waals surface area contributed by atoms with E-state index >= 15 is 0 Å². The molecule has 1 aliphatic heterocycles. The quantitative estimate of drug-likeness (QED) is 0.909. The van der Waals surface area contributed by atoms with Gasteiger partial charge in [-0.2, -0.15) is 0 Å². The number of fused-ring (bicyclic) bond motifs is 1. The number of benzene rings is 1. The average Bonchev–Trinajstić information content (AvgIpc) is 3.02. The topological polar surface area (TPSA) is 61.4 Å². The molecule has 3 rings (SSSR count). The SMILES string of the molecule is C[C@H](NC(=O)Nc1ccccc1)C(=O)N1CCc2sccc2C1. The van der Waals surface area contributed by atoms with Crippen molar-refractivity contribution in [3.05, 3.63) is 52.2 Å². The minimum absolute atomic E-state index is 0.0509. The minimum Gasteiger partial charge on any atom is -0.336 e. The highest BCUT2D eigenvalue weighted by Gasteiger charge is 2.26. The fraction of sp³-hybridized carbons (Fsp3) is 0.294. The van der Waals surface area contributed by atoms with Crippen LogP contribution in [0.15, 0.2) is 41.8 Å². The van der Waals surface area contributed by atoms with Crippen LogP contribution in [-0.2, 0) is 17.8 Å². The van der Waals surface area contributed by atoms with Gasteiger partial charge in [-0.05, 0) is 42.5 Å². The number of carbonyl (C=O) groups is 2. The van der Waals surface area contributed by atoms with Gasteiger partial charge >= 0.3 is 6.03 Å². The summed E-state index contributed by atoms with van der Waals surface area (Å²) in [6.07, 6.45) is 0.891. The molecule has 5 nitrogen and oxygen atoms in total. The Morgan fingerprint density at radius 1 is 1.22 bits per heavy atom. The van der Waals surface area contributed by atoms with Crippen molar-refractivity contribution in [2.24, 2.45) is 0 Å². The van der Waals surface area contributed by atoms with Gasteiger partial charge in [-0.15, -0.1) is 11.3 Å². The molecule has 1 atom stereocenters. The highest BCUT2D eigenvalue weighted by Crippen LogP contribution is 2.24. The van der Waals surface area contributed by atoms with Gasteiger partial charge in [0, 0.05) is 23.7 Å². The second kappa shape index (κ2) is 6.83. The standard InChI is InChI=1S/C17H19N3O2S/c1-12(18-17(22)19-14-5-3-2-4-6-14)16(21)20-9-7-15-13(11-20)8-10-23-15/h2-6,8,10,12H,7,9,11H2,1H3,(H2,18,19,22)/t12-/m0/s1. The molecule has 0 radical (unpaired) electrons. The molecule has 1 aromatic heterocycles. The van der Waals surface area contributed by atoms with Crippen LogP contribution in [0.5, 0.6) is 0 Å². The van der Waals surface area contributed by atoms with Crippen molar-refractivity contribution in [2.75, 3.05) is 11.9 Å². The summed E-state index contributed by atoms with van der Waals surface area (Å²) in [7, 11) is 0. The zero-order chi connectivity index (χ0) is 16.2. The lowest BCUT2D eigenvalue weighted by Crippen LogP contribution is -2.49. The molecule has 0 unspecified atom stereocenters. The van der Waals surface area contributed by atoms with Gasteiger partial charge in [0.05, 0.1) is 0 Å². The smallest absolute Gasteiger partial charge is 0.319 e. The monoisotopic (exact) mass is 329 g/mol. The normalized spacial score (nSPS) is 14.7. The van der Waals surface area contributed by atoms with Gasteiger partial charge in [0.2, 0.25) is 5.91 Å². The summed E-state index contributed by atoms with van der Waals surface area (Å²) in [6.45, 7) is 3.05. The lowest BCUT2D eigenvalue weighted by atomic mass is 10.1. The van der Waals surface area contributed by atoms with Crippen molar-refractivity contribution < 1.29 is 9.59 Å². The average molecular weight is 329 g/mol. The predicted octanol–water partition coefficient (Wildman–Crippen LogP) is 2.84. The number of nitrogens with zero attached hydrogens (tertiary/aromatic N) is 1. The molecule has 0 spiro atoms. The summed E-state index contributed by atoms with van der Waals surface area (Å²) in [5.74, 6) is -0.0509. The van der Waals surface area contributed by atoms with Gasteiger partial charge in [-0.3, -0.25) is 4.79 Å². The number of carbonyl (C=O) groups excluding carboxylic acids is 2. The summed E-state index contributed by atoms with van der Waals surface area (Å²) in [6, 6.07) is 10.3. The Labute approximate surface area is 139 Å².